The van der Waals surface area contributed by atoms with Crippen molar-refractivity contribution in [1.82, 2.24) is 0 Å². The molecule has 2 heterocycles. The van der Waals surface area contributed by atoms with Gasteiger partial charge in [-0.1, -0.05) is 36.4 Å². The third kappa shape index (κ3) is 1.69. The van der Waals surface area contributed by atoms with Gasteiger partial charge in [-0.25, -0.2) is 0 Å². The van der Waals surface area contributed by atoms with Crippen LogP contribution in [0.3, 0.4) is 0 Å². The Kier molecular flexibility index (Phi) is 2.43. The second kappa shape index (κ2) is 4.38. The molecule has 0 radical (unpaired) electrons. The molecule has 0 amide bonds. The fourth-order valence-corrected chi connectivity index (χ4v) is 3.24. The van der Waals surface area contributed by atoms with Gasteiger partial charge in [0.2, 0.25) is 0 Å². The largest absolute Gasteiger partial charge is 0.492 e. The lowest BCUT2D eigenvalue weighted by atomic mass is 9.79. The highest BCUT2D eigenvalue weighted by Gasteiger charge is 2.20. The average molecular weight is 302 g/mol. The van der Waals surface area contributed by atoms with E-state index in [1.165, 1.54) is 0 Å². The molecule has 110 valence electrons. The number of benzene rings is 3. The summed E-state index contributed by atoms with van der Waals surface area (Å²) in [6.07, 6.45) is 0. The number of hydrogen-bond donors (Lipinski definition) is 2. The van der Waals surface area contributed by atoms with E-state index in [0.29, 0.717) is 16.6 Å². The molecule has 0 aliphatic heterocycles. The van der Waals surface area contributed by atoms with E-state index in [9.17, 15) is 10.0 Å². The molecular weight excluding hydrogens is 291 g/mol. The molecule has 5 heteroatoms. The molecule has 0 unspecified atom stereocenters. The van der Waals surface area contributed by atoms with E-state index in [1.54, 1.807) is 12.1 Å². The maximum absolute atomic E-state index is 9.51. The molecule has 3 aromatic carbocycles. The van der Waals surface area contributed by atoms with Gasteiger partial charge in [-0.3, -0.25) is 0 Å². The van der Waals surface area contributed by atoms with Gasteiger partial charge in [0.1, 0.15) is 22.3 Å². The van der Waals surface area contributed by atoms with Crippen LogP contribution in [0, 0.1) is 0 Å². The van der Waals surface area contributed by atoms with Crippen LogP contribution in [0.2, 0.25) is 0 Å². The highest BCUT2D eigenvalue weighted by molar-refractivity contribution is 6.61. The Bertz CT molecular complexity index is 1200. The number of rotatable bonds is 1. The minimum atomic E-state index is -1.57. The minimum Gasteiger partial charge on any atom is -0.456 e. The first kappa shape index (κ1) is 12.8. The highest BCUT2D eigenvalue weighted by atomic mass is 16.4. The maximum atomic E-state index is 9.51. The van der Waals surface area contributed by atoms with Crippen LogP contribution in [-0.2, 0) is 0 Å². The van der Waals surface area contributed by atoms with Crippen molar-refractivity contribution in [1.29, 1.82) is 0 Å². The highest BCUT2D eigenvalue weighted by Crippen LogP contribution is 2.35. The van der Waals surface area contributed by atoms with Crippen LogP contribution in [0.4, 0.5) is 0 Å². The summed E-state index contributed by atoms with van der Waals surface area (Å²) in [4.78, 5) is 0. The van der Waals surface area contributed by atoms with Crippen molar-refractivity contribution in [2.75, 3.05) is 0 Å². The van der Waals surface area contributed by atoms with Crippen LogP contribution in [0.5, 0.6) is 0 Å². The summed E-state index contributed by atoms with van der Waals surface area (Å²) in [6, 6.07) is 17.1. The first-order chi connectivity index (χ1) is 11.2. The van der Waals surface area contributed by atoms with Gasteiger partial charge in [-0.05, 0) is 12.1 Å². The van der Waals surface area contributed by atoms with Crippen molar-refractivity contribution in [2.24, 2.45) is 0 Å². The number of hydrogen-bond acceptors (Lipinski definition) is 4. The topological polar surface area (TPSA) is 66.7 Å². The summed E-state index contributed by atoms with van der Waals surface area (Å²) < 4.78 is 11.7. The Hall–Kier alpha value is -2.76. The monoisotopic (exact) mass is 302 g/mol. The van der Waals surface area contributed by atoms with E-state index in [-0.39, 0.29) is 0 Å². The summed E-state index contributed by atoms with van der Waals surface area (Å²) >= 11 is 0. The Labute approximate surface area is 130 Å². The minimum absolute atomic E-state index is 0.361. The Morgan fingerprint density at radius 3 is 2.26 bits per heavy atom. The maximum Gasteiger partial charge on any atom is 0.492 e. The number of fused-ring (bicyclic) bond motifs is 6. The molecule has 0 bridgehead atoms. The third-order valence-electron chi connectivity index (χ3n) is 4.30. The molecule has 23 heavy (non-hydrogen) atoms. The molecule has 0 saturated carbocycles. The van der Waals surface area contributed by atoms with Crippen molar-refractivity contribution >= 4 is 56.5 Å². The van der Waals surface area contributed by atoms with Gasteiger partial charge in [0.05, 0.1) is 0 Å². The second-order valence-corrected chi connectivity index (χ2v) is 5.64. The summed E-state index contributed by atoms with van der Waals surface area (Å²) in [5.41, 5.74) is 3.11. The van der Waals surface area contributed by atoms with E-state index >= 15 is 0 Å². The standard InChI is InChI=1S/C18H11BO4/c20-19(21)14-6-3-5-11-13-8-12-10-4-1-2-7-15(10)22-16(12)9-17(13)23-18(11)14/h1-9,20-21H. The van der Waals surface area contributed by atoms with Crippen LogP contribution in [0.25, 0.3) is 43.9 Å². The molecule has 0 atom stereocenters. The van der Waals surface area contributed by atoms with E-state index in [4.69, 9.17) is 8.83 Å². The zero-order valence-electron chi connectivity index (χ0n) is 12.0. The van der Waals surface area contributed by atoms with Crippen molar-refractivity contribution < 1.29 is 18.9 Å². The van der Waals surface area contributed by atoms with Gasteiger partial charge in [-0.2, -0.15) is 0 Å². The molecule has 0 aliphatic carbocycles. The molecule has 2 N–H and O–H groups in total. The van der Waals surface area contributed by atoms with Crippen LogP contribution >= 0.6 is 0 Å². The lowest BCUT2D eigenvalue weighted by molar-refractivity contribution is 0.425. The number of para-hydroxylation sites is 2. The Morgan fingerprint density at radius 1 is 0.652 bits per heavy atom. The van der Waals surface area contributed by atoms with Crippen LogP contribution in [-0.4, -0.2) is 17.2 Å². The van der Waals surface area contributed by atoms with Crippen molar-refractivity contribution in [2.45, 2.75) is 0 Å². The predicted octanol–water partition coefficient (Wildman–Crippen LogP) is 3.17. The van der Waals surface area contributed by atoms with Gasteiger partial charge in [-0.15, -0.1) is 0 Å². The first-order valence-electron chi connectivity index (χ1n) is 7.35. The molecule has 5 aromatic rings. The van der Waals surface area contributed by atoms with Crippen LogP contribution in [0.1, 0.15) is 0 Å². The summed E-state index contributed by atoms with van der Waals surface area (Å²) in [7, 11) is -1.57. The molecule has 0 fully saturated rings. The SMILES string of the molecule is OB(O)c1cccc2c1oc1cc3oc4ccccc4c3cc12. The lowest BCUT2D eigenvalue weighted by Gasteiger charge is -1.98. The Balaban J connectivity index is 1.96. The van der Waals surface area contributed by atoms with E-state index < -0.39 is 7.12 Å². The molecule has 0 spiro atoms. The molecule has 0 saturated heterocycles. The second-order valence-electron chi connectivity index (χ2n) is 5.64. The van der Waals surface area contributed by atoms with Crippen molar-refractivity contribution in [3.05, 3.63) is 54.6 Å². The normalized spacial score (nSPS) is 11.9. The molecule has 5 rings (SSSR count). The fourth-order valence-electron chi connectivity index (χ4n) is 3.24. The van der Waals surface area contributed by atoms with Gasteiger partial charge >= 0.3 is 7.12 Å². The molecule has 0 aliphatic rings. The van der Waals surface area contributed by atoms with Gasteiger partial charge in [0, 0.05) is 33.1 Å². The third-order valence-corrected chi connectivity index (χ3v) is 4.30. The van der Waals surface area contributed by atoms with E-state index in [1.807, 2.05) is 42.5 Å². The van der Waals surface area contributed by atoms with Crippen LogP contribution in [0.15, 0.2) is 63.4 Å². The fraction of sp³-hybridized carbons (Fsp3) is 0. The zero-order chi connectivity index (χ0) is 15.6. The summed E-state index contributed by atoms with van der Waals surface area (Å²) in [5, 5.41) is 22.9. The molecule has 4 nitrogen and oxygen atoms in total. The van der Waals surface area contributed by atoms with Crippen molar-refractivity contribution in [3.63, 3.8) is 0 Å². The van der Waals surface area contributed by atoms with Gasteiger partial charge in [0.25, 0.3) is 0 Å². The quantitative estimate of drug-likeness (QED) is 0.467. The van der Waals surface area contributed by atoms with Crippen LogP contribution < -0.4 is 5.46 Å². The van der Waals surface area contributed by atoms with Gasteiger partial charge in [0.15, 0.2) is 0 Å². The number of furan rings is 2. The van der Waals surface area contributed by atoms with E-state index in [0.717, 1.165) is 32.7 Å². The first-order valence-corrected chi connectivity index (χ1v) is 7.35. The predicted molar refractivity (Wildman–Crippen MR) is 90.8 cm³/mol. The Morgan fingerprint density at radius 2 is 1.39 bits per heavy atom. The molecule has 2 aromatic heterocycles. The summed E-state index contributed by atoms with van der Waals surface area (Å²) in [6.45, 7) is 0. The van der Waals surface area contributed by atoms with Crippen molar-refractivity contribution in [3.8, 4) is 0 Å². The van der Waals surface area contributed by atoms with E-state index in [2.05, 4.69) is 0 Å². The lowest BCUT2D eigenvalue weighted by Crippen LogP contribution is -2.29. The zero-order valence-corrected chi connectivity index (χ0v) is 12.0. The smallest absolute Gasteiger partial charge is 0.456 e. The summed E-state index contributed by atoms with van der Waals surface area (Å²) in [5.74, 6) is 0. The molecular formula is C18H11BO4. The average Bonchev–Trinajstić information content (AvgIpc) is 3.09. The van der Waals surface area contributed by atoms with Gasteiger partial charge < -0.3 is 18.9 Å².